The van der Waals surface area contributed by atoms with Crippen molar-refractivity contribution in [2.75, 3.05) is 13.6 Å². The van der Waals surface area contributed by atoms with E-state index in [1.165, 1.54) is 12.0 Å². The quantitative estimate of drug-likeness (QED) is 0.494. The van der Waals surface area contributed by atoms with Gasteiger partial charge in [-0.1, -0.05) is 30.3 Å². The van der Waals surface area contributed by atoms with Gasteiger partial charge in [-0.15, -0.1) is 0 Å². The summed E-state index contributed by atoms with van der Waals surface area (Å²) in [5, 5.41) is 12.2. The molecule has 1 aliphatic rings. The predicted octanol–water partition coefficient (Wildman–Crippen LogP) is 2.86. The SMILES string of the molecule is C[N+]1([O-])CCCCC1c1ccccc1. The average molecular weight is 191 g/mol. The van der Waals surface area contributed by atoms with Crippen LogP contribution in [0, 0.1) is 5.21 Å². The van der Waals surface area contributed by atoms with E-state index in [2.05, 4.69) is 12.1 Å². The van der Waals surface area contributed by atoms with E-state index in [9.17, 15) is 5.21 Å². The Balaban J connectivity index is 2.24. The van der Waals surface area contributed by atoms with Crippen LogP contribution >= 0.6 is 0 Å². The highest BCUT2D eigenvalue weighted by atomic mass is 16.5. The van der Waals surface area contributed by atoms with Gasteiger partial charge in [-0.05, 0) is 12.8 Å². The summed E-state index contributed by atoms with van der Waals surface area (Å²) < 4.78 is -0.0932. The van der Waals surface area contributed by atoms with Crippen LogP contribution in [0.4, 0.5) is 0 Å². The number of hydrogen-bond donors (Lipinski definition) is 0. The molecule has 2 rings (SSSR count). The smallest absolute Gasteiger partial charge is 0.114 e. The monoisotopic (exact) mass is 191 g/mol. The van der Waals surface area contributed by atoms with Crippen molar-refractivity contribution in [2.24, 2.45) is 0 Å². The molecule has 1 fully saturated rings. The first-order chi connectivity index (χ1) is 6.70. The van der Waals surface area contributed by atoms with Gasteiger partial charge in [0.25, 0.3) is 0 Å². The van der Waals surface area contributed by atoms with Crippen molar-refractivity contribution < 1.29 is 4.65 Å². The van der Waals surface area contributed by atoms with Crippen LogP contribution in [0.5, 0.6) is 0 Å². The lowest BCUT2D eigenvalue weighted by molar-refractivity contribution is -0.898. The molecule has 0 aliphatic carbocycles. The Bertz CT molecular complexity index is 294. The molecule has 0 bridgehead atoms. The molecular formula is C12H17NO. The summed E-state index contributed by atoms with van der Waals surface area (Å²) in [5.41, 5.74) is 1.20. The van der Waals surface area contributed by atoms with E-state index in [1.807, 2.05) is 18.2 Å². The molecule has 1 heterocycles. The molecular weight excluding hydrogens is 174 g/mol. The Morgan fingerprint density at radius 3 is 2.57 bits per heavy atom. The van der Waals surface area contributed by atoms with Gasteiger partial charge in [-0.2, -0.15) is 0 Å². The lowest BCUT2D eigenvalue weighted by Gasteiger charge is -2.48. The summed E-state index contributed by atoms with van der Waals surface area (Å²) in [6.07, 6.45) is 3.29. The lowest BCUT2D eigenvalue weighted by atomic mass is 9.95. The van der Waals surface area contributed by atoms with Crippen molar-refractivity contribution in [3.8, 4) is 0 Å². The van der Waals surface area contributed by atoms with Crippen LogP contribution in [0.15, 0.2) is 30.3 Å². The molecule has 1 saturated heterocycles. The van der Waals surface area contributed by atoms with Crippen LogP contribution in [0.25, 0.3) is 0 Å². The van der Waals surface area contributed by atoms with Gasteiger partial charge in [-0.3, -0.25) is 0 Å². The number of piperidine rings is 1. The minimum atomic E-state index is -0.0932. The van der Waals surface area contributed by atoms with Gasteiger partial charge >= 0.3 is 0 Å². The predicted molar refractivity (Wildman–Crippen MR) is 57.5 cm³/mol. The summed E-state index contributed by atoms with van der Waals surface area (Å²) in [5.74, 6) is 0. The van der Waals surface area contributed by atoms with Gasteiger partial charge in [0.1, 0.15) is 6.04 Å². The Labute approximate surface area is 85.3 Å². The maximum Gasteiger partial charge on any atom is 0.114 e. The van der Waals surface area contributed by atoms with Gasteiger partial charge < -0.3 is 9.85 Å². The fraction of sp³-hybridized carbons (Fsp3) is 0.500. The van der Waals surface area contributed by atoms with Crippen LogP contribution in [0.1, 0.15) is 30.9 Å². The standard InChI is InChI=1S/C12H17NO/c1-13(14)10-6-5-9-12(13)11-7-3-2-4-8-11/h2-4,7-8,12H,5-6,9-10H2,1H3. The molecule has 0 aromatic heterocycles. The van der Waals surface area contributed by atoms with Crippen molar-refractivity contribution in [3.63, 3.8) is 0 Å². The topological polar surface area (TPSA) is 23.1 Å². The Morgan fingerprint density at radius 1 is 1.21 bits per heavy atom. The normalized spacial score (nSPS) is 32.9. The maximum absolute atomic E-state index is 12.2. The molecule has 2 heteroatoms. The fourth-order valence-corrected chi connectivity index (χ4v) is 2.35. The zero-order valence-electron chi connectivity index (χ0n) is 8.65. The minimum Gasteiger partial charge on any atom is -0.633 e. The number of likely N-dealkylation sites (tertiary alicyclic amines) is 1. The Kier molecular flexibility index (Phi) is 2.57. The molecule has 0 N–H and O–H groups in total. The van der Waals surface area contributed by atoms with Gasteiger partial charge in [0.05, 0.1) is 13.6 Å². The fourth-order valence-electron chi connectivity index (χ4n) is 2.35. The van der Waals surface area contributed by atoms with E-state index in [1.54, 1.807) is 7.05 Å². The van der Waals surface area contributed by atoms with Crippen molar-refractivity contribution in [1.82, 2.24) is 0 Å². The first kappa shape index (κ1) is 9.69. The summed E-state index contributed by atoms with van der Waals surface area (Å²) in [7, 11) is 1.80. The van der Waals surface area contributed by atoms with Gasteiger partial charge in [0.2, 0.25) is 0 Å². The second-order valence-electron chi connectivity index (χ2n) is 4.32. The number of quaternary nitrogens is 1. The second kappa shape index (κ2) is 3.71. The zero-order chi connectivity index (χ0) is 10.0. The largest absolute Gasteiger partial charge is 0.633 e. The third-order valence-corrected chi connectivity index (χ3v) is 3.17. The van der Waals surface area contributed by atoms with Crippen LogP contribution in [-0.4, -0.2) is 18.2 Å². The third kappa shape index (κ3) is 1.81. The van der Waals surface area contributed by atoms with Crippen molar-refractivity contribution in [2.45, 2.75) is 25.3 Å². The summed E-state index contributed by atoms with van der Waals surface area (Å²) in [6.45, 7) is 0.763. The Hall–Kier alpha value is -0.860. The highest BCUT2D eigenvalue weighted by Gasteiger charge is 2.29. The van der Waals surface area contributed by atoms with E-state index in [4.69, 9.17) is 0 Å². The van der Waals surface area contributed by atoms with Crippen molar-refractivity contribution >= 4 is 0 Å². The van der Waals surface area contributed by atoms with E-state index < -0.39 is 0 Å². The average Bonchev–Trinajstić information content (AvgIpc) is 2.18. The molecule has 2 nitrogen and oxygen atoms in total. The summed E-state index contributed by atoms with van der Waals surface area (Å²) in [4.78, 5) is 0. The number of nitrogens with zero attached hydrogens (tertiary/aromatic N) is 1. The maximum atomic E-state index is 12.2. The highest BCUT2D eigenvalue weighted by Crippen LogP contribution is 2.34. The lowest BCUT2D eigenvalue weighted by Crippen LogP contribution is -2.44. The van der Waals surface area contributed by atoms with E-state index in [0.29, 0.717) is 0 Å². The Morgan fingerprint density at radius 2 is 1.93 bits per heavy atom. The molecule has 1 aromatic carbocycles. The molecule has 2 atom stereocenters. The van der Waals surface area contributed by atoms with Crippen LogP contribution in [0.2, 0.25) is 0 Å². The van der Waals surface area contributed by atoms with E-state index >= 15 is 0 Å². The number of hydrogen-bond acceptors (Lipinski definition) is 1. The first-order valence-corrected chi connectivity index (χ1v) is 5.31. The molecule has 0 spiro atoms. The molecule has 0 amide bonds. The molecule has 1 aromatic rings. The second-order valence-corrected chi connectivity index (χ2v) is 4.32. The van der Waals surface area contributed by atoms with Crippen LogP contribution in [0.3, 0.4) is 0 Å². The van der Waals surface area contributed by atoms with Crippen LogP contribution < -0.4 is 0 Å². The zero-order valence-corrected chi connectivity index (χ0v) is 8.65. The third-order valence-electron chi connectivity index (χ3n) is 3.17. The summed E-state index contributed by atoms with van der Waals surface area (Å²) in [6, 6.07) is 10.3. The number of hydroxylamine groups is 3. The van der Waals surface area contributed by atoms with Crippen LogP contribution in [-0.2, 0) is 0 Å². The van der Waals surface area contributed by atoms with E-state index in [-0.39, 0.29) is 10.7 Å². The molecule has 2 unspecified atom stereocenters. The highest BCUT2D eigenvalue weighted by molar-refractivity contribution is 5.17. The van der Waals surface area contributed by atoms with Gasteiger partial charge in [0, 0.05) is 12.0 Å². The van der Waals surface area contributed by atoms with Crippen molar-refractivity contribution in [3.05, 3.63) is 41.1 Å². The molecule has 1 aliphatic heterocycles. The van der Waals surface area contributed by atoms with Gasteiger partial charge in [0.15, 0.2) is 0 Å². The molecule has 76 valence electrons. The summed E-state index contributed by atoms with van der Waals surface area (Å²) >= 11 is 0. The molecule has 0 saturated carbocycles. The molecule has 14 heavy (non-hydrogen) atoms. The van der Waals surface area contributed by atoms with E-state index in [0.717, 1.165) is 19.4 Å². The minimum absolute atomic E-state index is 0.0932. The number of rotatable bonds is 1. The molecule has 0 radical (unpaired) electrons. The number of benzene rings is 1. The first-order valence-electron chi connectivity index (χ1n) is 5.31. The van der Waals surface area contributed by atoms with Crippen molar-refractivity contribution in [1.29, 1.82) is 0 Å². The van der Waals surface area contributed by atoms with Gasteiger partial charge in [-0.25, -0.2) is 0 Å².